The van der Waals surface area contributed by atoms with Gasteiger partial charge in [0, 0.05) is 27.9 Å². The first-order valence-electron chi connectivity index (χ1n) is 24.5. The highest BCUT2D eigenvalue weighted by atomic mass is 16.5. The van der Waals surface area contributed by atoms with Gasteiger partial charge in [0.15, 0.2) is 5.75 Å². The van der Waals surface area contributed by atoms with Gasteiger partial charge in [0.25, 0.3) is 0 Å². The summed E-state index contributed by atoms with van der Waals surface area (Å²) in [5.74, 6) is 1.67. The average molecular weight is 892 g/mol. The van der Waals surface area contributed by atoms with Crippen LogP contribution >= 0.6 is 0 Å². The second-order valence-corrected chi connectivity index (χ2v) is 19.9. The van der Waals surface area contributed by atoms with Crippen molar-refractivity contribution < 1.29 is 4.74 Å². The summed E-state index contributed by atoms with van der Waals surface area (Å²) in [6, 6.07) is 88.3. The standard InChI is InChI=1S/C68H45NO/c1-67(2)58-29-13-9-25-51(58)53-36-34-45(41-62(53)67)69(64-32-17-28-55-48-22-7-6-21-47(48)54-27-12-16-33-65(54)70-66(55)64)44-35-37-61-57(40-44)49-23-8-5-20-46(49)50-24-10-14-30-59(50)68(61)60-31-15-11-26-52(60)56-38-42-18-3-4-19-43(42)39-63(56)68/h3-41H,1-2H3. The summed E-state index contributed by atoms with van der Waals surface area (Å²) < 4.78 is 7.30. The predicted molar refractivity (Wildman–Crippen MR) is 289 cm³/mol. The molecule has 4 aliphatic rings. The number of anilines is 3. The van der Waals surface area contributed by atoms with Crippen LogP contribution in [-0.4, -0.2) is 0 Å². The Hall–Kier alpha value is -8.72. The SMILES string of the molecule is CC1(C)c2ccccc2-c2ccc(N(c3ccc4c(c3)-c3ccccc3-c3ccccc3C43c4ccccc4-c4cc5ccccc5cc43)c3cccc4c3Oc3ccccc3-c3ccccc3-4)cc21. The van der Waals surface area contributed by atoms with Crippen molar-refractivity contribution in [3.05, 3.63) is 270 Å². The highest BCUT2D eigenvalue weighted by Crippen LogP contribution is 2.63. The van der Waals surface area contributed by atoms with Gasteiger partial charge in [0.1, 0.15) is 5.75 Å². The minimum atomic E-state index is -0.617. The zero-order chi connectivity index (χ0) is 46.3. The average Bonchev–Trinajstić information content (AvgIpc) is 3.70. The first-order valence-corrected chi connectivity index (χ1v) is 24.5. The molecule has 0 N–H and O–H groups in total. The minimum absolute atomic E-state index is 0.201. The Bertz CT molecular complexity index is 4040. The molecule has 3 aliphatic carbocycles. The fourth-order valence-electron chi connectivity index (χ4n) is 13.0. The maximum Gasteiger partial charge on any atom is 0.159 e. The molecule has 0 radical (unpaired) electrons. The van der Waals surface area contributed by atoms with E-state index in [-0.39, 0.29) is 5.41 Å². The second kappa shape index (κ2) is 14.4. The summed E-state index contributed by atoms with van der Waals surface area (Å²) in [4.78, 5) is 2.46. The summed E-state index contributed by atoms with van der Waals surface area (Å²) in [5.41, 5.74) is 24.7. The van der Waals surface area contributed by atoms with Gasteiger partial charge in [-0.15, -0.1) is 0 Å². The summed E-state index contributed by atoms with van der Waals surface area (Å²) in [7, 11) is 0. The molecule has 0 saturated heterocycles. The number of ether oxygens (including phenoxy) is 1. The lowest BCUT2D eigenvalue weighted by Gasteiger charge is -2.36. The molecule has 1 spiro atoms. The van der Waals surface area contributed by atoms with Crippen molar-refractivity contribution in [3.8, 4) is 78.3 Å². The Morgan fingerprint density at radius 3 is 1.47 bits per heavy atom. The Labute approximate surface area is 408 Å². The molecule has 2 nitrogen and oxygen atoms in total. The van der Waals surface area contributed by atoms with Gasteiger partial charge in [0.2, 0.25) is 0 Å². The number of hydrogen-bond donors (Lipinski definition) is 0. The van der Waals surface area contributed by atoms with Crippen molar-refractivity contribution in [1.29, 1.82) is 0 Å². The van der Waals surface area contributed by atoms with Crippen LogP contribution in [0.2, 0.25) is 0 Å². The van der Waals surface area contributed by atoms with Crippen LogP contribution in [0.15, 0.2) is 237 Å². The quantitative estimate of drug-likeness (QED) is 0.175. The van der Waals surface area contributed by atoms with Crippen molar-refractivity contribution in [2.75, 3.05) is 4.90 Å². The van der Waals surface area contributed by atoms with Crippen LogP contribution in [0, 0.1) is 0 Å². The molecule has 0 fully saturated rings. The van der Waals surface area contributed by atoms with E-state index in [1.165, 1.54) is 88.7 Å². The van der Waals surface area contributed by atoms with Crippen LogP contribution in [0.5, 0.6) is 11.5 Å². The zero-order valence-corrected chi connectivity index (χ0v) is 38.9. The summed E-state index contributed by atoms with van der Waals surface area (Å²) >= 11 is 0. The van der Waals surface area contributed by atoms with Crippen molar-refractivity contribution >= 4 is 27.8 Å². The number of rotatable bonds is 3. The molecule has 1 heterocycles. The van der Waals surface area contributed by atoms with Crippen molar-refractivity contribution in [2.24, 2.45) is 0 Å². The monoisotopic (exact) mass is 891 g/mol. The Morgan fingerprint density at radius 2 is 0.757 bits per heavy atom. The lowest BCUT2D eigenvalue weighted by atomic mass is 9.65. The van der Waals surface area contributed by atoms with E-state index in [1.54, 1.807) is 0 Å². The van der Waals surface area contributed by atoms with Crippen molar-refractivity contribution in [1.82, 2.24) is 0 Å². The van der Waals surface area contributed by atoms with Gasteiger partial charge in [-0.3, -0.25) is 0 Å². The van der Waals surface area contributed by atoms with Crippen LogP contribution in [0.3, 0.4) is 0 Å². The third-order valence-corrected chi connectivity index (χ3v) is 16.1. The highest BCUT2D eigenvalue weighted by Gasteiger charge is 2.50. The Kier molecular flexibility index (Phi) is 8.08. The molecule has 0 saturated carbocycles. The molecule has 11 aromatic carbocycles. The summed E-state index contributed by atoms with van der Waals surface area (Å²) in [6.07, 6.45) is 0. The Balaban J connectivity index is 1.04. The maximum absolute atomic E-state index is 7.30. The molecule has 15 rings (SSSR count). The van der Waals surface area contributed by atoms with E-state index in [0.717, 1.165) is 50.8 Å². The minimum Gasteiger partial charge on any atom is -0.454 e. The van der Waals surface area contributed by atoms with Gasteiger partial charge in [-0.1, -0.05) is 202 Å². The van der Waals surface area contributed by atoms with Crippen LogP contribution < -0.4 is 9.64 Å². The molecule has 2 heteroatoms. The van der Waals surface area contributed by atoms with E-state index in [0.29, 0.717) is 0 Å². The normalized spacial score (nSPS) is 15.6. The van der Waals surface area contributed by atoms with Crippen molar-refractivity contribution in [2.45, 2.75) is 24.7 Å². The van der Waals surface area contributed by atoms with E-state index in [2.05, 4.69) is 255 Å². The largest absolute Gasteiger partial charge is 0.454 e. The van der Waals surface area contributed by atoms with Crippen LogP contribution in [-0.2, 0) is 10.8 Å². The molecule has 0 aromatic heterocycles. The smallest absolute Gasteiger partial charge is 0.159 e. The van der Waals surface area contributed by atoms with E-state index < -0.39 is 5.41 Å². The first kappa shape index (κ1) is 39.3. The molecule has 0 bridgehead atoms. The second-order valence-electron chi connectivity index (χ2n) is 19.9. The van der Waals surface area contributed by atoms with Crippen molar-refractivity contribution in [3.63, 3.8) is 0 Å². The molecule has 328 valence electrons. The third-order valence-electron chi connectivity index (χ3n) is 16.1. The predicted octanol–water partition coefficient (Wildman–Crippen LogP) is 18.1. The maximum atomic E-state index is 7.30. The fourth-order valence-corrected chi connectivity index (χ4v) is 13.0. The number of benzene rings is 11. The van der Waals surface area contributed by atoms with Gasteiger partial charge in [-0.2, -0.15) is 0 Å². The van der Waals surface area contributed by atoms with E-state index in [9.17, 15) is 0 Å². The first-order chi connectivity index (χ1) is 34.5. The summed E-state index contributed by atoms with van der Waals surface area (Å²) in [5, 5.41) is 2.49. The highest BCUT2D eigenvalue weighted by molar-refractivity contribution is 6.02. The van der Waals surface area contributed by atoms with Crippen LogP contribution in [0.4, 0.5) is 17.1 Å². The summed E-state index contributed by atoms with van der Waals surface area (Å²) in [6.45, 7) is 4.74. The van der Waals surface area contributed by atoms with Crippen LogP contribution in [0.25, 0.3) is 77.5 Å². The molecule has 1 atom stereocenters. The van der Waals surface area contributed by atoms with Gasteiger partial charge in [-0.25, -0.2) is 0 Å². The van der Waals surface area contributed by atoms with Gasteiger partial charge in [0.05, 0.1) is 11.1 Å². The topological polar surface area (TPSA) is 12.5 Å². The number of para-hydroxylation sites is 2. The molecule has 0 amide bonds. The van der Waals surface area contributed by atoms with Gasteiger partial charge >= 0.3 is 0 Å². The Morgan fingerprint density at radius 1 is 0.300 bits per heavy atom. The van der Waals surface area contributed by atoms with E-state index in [1.807, 2.05) is 0 Å². The number of nitrogens with zero attached hydrogens (tertiary/aromatic N) is 1. The molecule has 11 aromatic rings. The molecule has 70 heavy (non-hydrogen) atoms. The molecular weight excluding hydrogens is 847 g/mol. The van der Waals surface area contributed by atoms with Crippen LogP contribution in [0.1, 0.15) is 47.2 Å². The lowest BCUT2D eigenvalue weighted by Crippen LogP contribution is -2.29. The number of fused-ring (bicyclic) bond motifs is 21. The van der Waals surface area contributed by atoms with E-state index >= 15 is 0 Å². The molecule has 1 aliphatic heterocycles. The fraction of sp³-hybridized carbons (Fsp3) is 0.0588. The van der Waals surface area contributed by atoms with E-state index in [4.69, 9.17) is 4.74 Å². The number of hydrogen-bond acceptors (Lipinski definition) is 2. The molecular formula is C68H45NO. The third kappa shape index (κ3) is 5.23. The lowest BCUT2D eigenvalue weighted by molar-refractivity contribution is 0.489. The van der Waals surface area contributed by atoms with Gasteiger partial charge < -0.3 is 9.64 Å². The molecule has 1 unspecified atom stereocenters. The van der Waals surface area contributed by atoms with Gasteiger partial charge in [-0.05, 0) is 148 Å². The zero-order valence-electron chi connectivity index (χ0n) is 38.9.